The number of allylic oxidation sites excluding steroid dienone is 1. The van der Waals surface area contributed by atoms with Gasteiger partial charge in [-0.2, -0.15) is 0 Å². The van der Waals surface area contributed by atoms with E-state index in [0.717, 1.165) is 19.3 Å². The van der Waals surface area contributed by atoms with Crippen molar-refractivity contribution in [3.63, 3.8) is 0 Å². The Bertz CT molecular complexity index is 1500. The Hall–Kier alpha value is -4.75. The lowest BCUT2D eigenvalue weighted by Crippen LogP contribution is -2.56. The Labute approximate surface area is 287 Å². The Morgan fingerprint density at radius 1 is 1.12 bits per heavy atom. The monoisotopic (exact) mass is 679 g/mol. The van der Waals surface area contributed by atoms with Crippen LogP contribution < -0.4 is 15.4 Å². The van der Waals surface area contributed by atoms with Crippen LogP contribution in [-0.4, -0.2) is 92.5 Å². The number of methoxy groups -OCH3 is 1. The second-order valence-electron chi connectivity index (χ2n) is 13.4. The summed E-state index contributed by atoms with van der Waals surface area (Å²) in [6, 6.07) is 5.17. The standard InChI is InChI=1S/C35H49N7O7/c1-8-11-12-13-14-15-27(36-33(46)49-34(4,5)6)31(44)41-22-23(29-38-40-42(39-29)25-16-18-26(47-7)19-17-25)20-28(41)30(43)37-35(21-24(35)9-2)32(45)48-10-3/h8-9,16-19,23-24,27-28H,1-2,10-15,20-22H2,3-7H3,(H,36,46)(H,37,43)/t23-,24?,27+,28+,35-/m1/s1. The number of rotatable bonds is 16. The molecule has 4 rings (SSSR count). The van der Waals surface area contributed by atoms with Crippen molar-refractivity contribution in [1.82, 2.24) is 35.7 Å². The molecule has 0 radical (unpaired) electrons. The van der Waals surface area contributed by atoms with Crippen molar-refractivity contribution in [2.75, 3.05) is 20.3 Å². The van der Waals surface area contributed by atoms with Gasteiger partial charge in [0.1, 0.15) is 29.0 Å². The number of tetrazole rings is 1. The van der Waals surface area contributed by atoms with E-state index in [0.29, 0.717) is 36.5 Å². The maximum absolute atomic E-state index is 14.4. The van der Waals surface area contributed by atoms with E-state index < -0.39 is 53.0 Å². The quantitative estimate of drug-likeness (QED) is 0.150. The Morgan fingerprint density at radius 2 is 1.86 bits per heavy atom. The zero-order chi connectivity index (χ0) is 35.8. The van der Waals surface area contributed by atoms with E-state index in [4.69, 9.17) is 14.2 Å². The zero-order valence-corrected chi connectivity index (χ0v) is 29.1. The number of nitrogens with zero attached hydrogens (tertiary/aromatic N) is 5. The fourth-order valence-electron chi connectivity index (χ4n) is 6.01. The summed E-state index contributed by atoms with van der Waals surface area (Å²) >= 11 is 0. The molecule has 266 valence electrons. The van der Waals surface area contributed by atoms with Gasteiger partial charge in [0.2, 0.25) is 11.8 Å². The maximum atomic E-state index is 14.4. The van der Waals surface area contributed by atoms with Crippen molar-refractivity contribution in [1.29, 1.82) is 0 Å². The number of alkyl carbamates (subject to hydrolysis) is 1. The molecule has 2 fully saturated rings. The van der Waals surface area contributed by atoms with E-state index in [-0.39, 0.29) is 25.5 Å². The average Bonchev–Trinajstić information content (AvgIpc) is 3.36. The van der Waals surface area contributed by atoms with Crippen LogP contribution in [0.2, 0.25) is 0 Å². The molecule has 1 aliphatic heterocycles. The molecule has 1 aromatic carbocycles. The lowest BCUT2D eigenvalue weighted by molar-refractivity contribution is -0.150. The Balaban J connectivity index is 1.62. The molecule has 1 unspecified atom stereocenters. The first-order chi connectivity index (χ1) is 23.3. The molecule has 1 aliphatic carbocycles. The van der Waals surface area contributed by atoms with Crippen molar-refractivity contribution in [2.45, 2.75) is 102 Å². The first-order valence-corrected chi connectivity index (χ1v) is 16.8. The molecule has 14 heteroatoms. The number of esters is 1. The number of likely N-dealkylation sites (tertiary alicyclic amines) is 1. The highest BCUT2D eigenvalue weighted by Crippen LogP contribution is 2.46. The first kappa shape index (κ1) is 37.1. The van der Waals surface area contributed by atoms with Crippen LogP contribution in [0.25, 0.3) is 5.69 Å². The third-order valence-corrected chi connectivity index (χ3v) is 8.66. The van der Waals surface area contributed by atoms with E-state index in [2.05, 4.69) is 39.2 Å². The molecular weight excluding hydrogens is 630 g/mol. The number of carbonyl (C=O) groups is 4. The minimum Gasteiger partial charge on any atom is -0.497 e. The van der Waals surface area contributed by atoms with Gasteiger partial charge in [-0.1, -0.05) is 25.0 Å². The molecular formula is C35H49N7O7. The van der Waals surface area contributed by atoms with Gasteiger partial charge in [-0.15, -0.1) is 28.2 Å². The molecule has 0 bridgehead atoms. The third-order valence-electron chi connectivity index (χ3n) is 8.66. The molecule has 49 heavy (non-hydrogen) atoms. The van der Waals surface area contributed by atoms with Gasteiger partial charge < -0.3 is 29.7 Å². The van der Waals surface area contributed by atoms with Crippen molar-refractivity contribution < 1.29 is 33.4 Å². The highest BCUT2D eigenvalue weighted by Gasteiger charge is 2.62. The number of carbonyl (C=O) groups excluding carboxylic acids is 4. The number of aromatic nitrogens is 4. The van der Waals surface area contributed by atoms with Crippen LogP contribution in [0, 0.1) is 5.92 Å². The van der Waals surface area contributed by atoms with Crippen molar-refractivity contribution >= 4 is 23.9 Å². The highest BCUT2D eigenvalue weighted by atomic mass is 16.6. The highest BCUT2D eigenvalue weighted by molar-refractivity contribution is 5.96. The average molecular weight is 680 g/mol. The number of hydrogen-bond donors (Lipinski definition) is 2. The second-order valence-corrected chi connectivity index (χ2v) is 13.4. The summed E-state index contributed by atoms with van der Waals surface area (Å²) in [5, 5.41) is 18.7. The predicted molar refractivity (Wildman–Crippen MR) is 181 cm³/mol. The van der Waals surface area contributed by atoms with E-state index in [1.165, 1.54) is 9.70 Å². The van der Waals surface area contributed by atoms with Crippen LogP contribution in [0.15, 0.2) is 49.6 Å². The zero-order valence-electron chi connectivity index (χ0n) is 29.1. The fraction of sp³-hybridized carbons (Fsp3) is 0.571. The summed E-state index contributed by atoms with van der Waals surface area (Å²) in [4.78, 5) is 57.2. The molecule has 1 saturated carbocycles. The van der Waals surface area contributed by atoms with Crippen LogP contribution in [0.5, 0.6) is 5.75 Å². The summed E-state index contributed by atoms with van der Waals surface area (Å²) in [7, 11) is 1.58. The van der Waals surface area contributed by atoms with Crippen LogP contribution in [0.1, 0.15) is 84.4 Å². The smallest absolute Gasteiger partial charge is 0.408 e. The van der Waals surface area contributed by atoms with Gasteiger partial charge in [0.15, 0.2) is 5.82 Å². The summed E-state index contributed by atoms with van der Waals surface area (Å²) in [5.74, 6) is -1.25. The van der Waals surface area contributed by atoms with Gasteiger partial charge in [-0.05, 0) is 89.3 Å². The van der Waals surface area contributed by atoms with E-state index >= 15 is 0 Å². The fourth-order valence-corrected chi connectivity index (χ4v) is 6.01. The minimum absolute atomic E-state index is 0.0888. The first-order valence-electron chi connectivity index (χ1n) is 16.8. The molecule has 14 nitrogen and oxygen atoms in total. The molecule has 1 saturated heterocycles. The number of benzene rings is 1. The molecule has 0 spiro atoms. The van der Waals surface area contributed by atoms with Crippen molar-refractivity contribution in [3.8, 4) is 11.4 Å². The van der Waals surface area contributed by atoms with Gasteiger partial charge in [-0.25, -0.2) is 9.59 Å². The maximum Gasteiger partial charge on any atom is 0.408 e. The number of ether oxygens (including phenoxy) is 3. The van der Waals surface area contributed by atoms with Crippen LogP contribution >= 0.6 is 0 Å². The van der Waals surface area contributed by atoms with Crippen LogP contribution in [-0.2, 0) is 23.9 Å². The largest absolute Gasteiger partial charge is 0.497 e. The third kappa shape index (κ3) is 9.24. The summed E-state index contributed by atoms with van der Waals surface area (Å²) in [6.07, 6.45) is 6.78. The lowest BCUT2D eigenvalue weighted by Gasteiger charge is -2.30. The lowest BCUT2D eigenvalue weighted by atomic mass is 10.0. The van der Waals surface area contributed by atoms with Crippen molar-refractivity contribution in [2.24, 2.45) is 5.92 Å². The summed E-state index contributed by atoms with van der Waals surface area (Å²) in [6.45, 7) is 14.7. The van der Waals surface area contributed by atoms with Gasteiger partial charge in [0.05, 0.1) is 19.4 Å². The van der Waals surface area contributed by atoms with Crippen molar-refractivity contribution in [3.05, 3.63) is 55.4 Å². The number of unbranched alkanes of at least 4 members (excludes halogenated alkanes) is 3. The molecule has 3 amide bonds. The van der Waals surface area contributed by atoms with Gasteiger partial charge in [0.25, 0.3) is 0 Å². The molecule has 2 aromatic rings. The summed E-state index contributed by atoms with van der Waals surface area (Å²) < 4.78 is 16.0. The van der Waals surface area contributed by atoms with E-state index in [9.17, 15) is 19.2 Å². The molecule has 5 atom stereocenters. The number of amides is 3. The molecule has 1 aromatic heterocycles. The van der Waals surface area contributed by atoms with Gasteiger partial charge >= 0.3 is 12.1 Å². The van der Waals surface area contributed by atoms with Crippen LogP contribution in [0.4, 0.5) is 4.79 Å². The van der Waals surface area contributed by atoms with Crippen LogP contribution in [0.3, 0.4) is 0 Å². The van der Waals surface area contributed by atoms with Gasteiger partial charge in [-0.3, -0.25) is 9.59 Å². The summed E-state index contributed by atoms with van der Waals surface area (Å²) in [5.41, 5.74) is -1.38. The predicted octanol–water partition coefficient (Wildman–Crippen LogP) is 4.01. The number of nitrogens with one attached hydrogen (secondary N) is 2. The van der Waals surface area contributed by atoms with Gasteiger partial charge in [0, 0.05) is 18.4 Å². The SMILES string of the molecule is C=CCCCCC[C@H](NC(=O)OC(C)(C)C)C(=O)N1C[C@H](c2nnn(-c3ccc(OC)cc3)n2)C[C@H]1C(=O)N[C@]1(C(=O)OCC)CC1C=C. The molecule has 2 N–H and O–H groups in total. The van der Waals surface area contributed by atoms with E-state index in [1.54, 1.807) is 65.1 Å². The molecule has 2 heterocycles. The molecule has 2 aliphatic rings. The minimum atomic E-state index is -1.25. The Morgan fingerprint density at radius 3 is 2.47 bits per heavy atom. The topological polar surface area (TPSA) is 167 Å². The Kier molecular flexibility index (Phi) is 12.2. The normalized spacial score (nSPS) is 22.1. The van der Waals surface area contributed by atoms with E-state index in [1.807, 2.05) is 6.08 Å². The number of hydrogen-bond acceptors (Lipinski definition) is 10. The second kappa shape index (κ2) is 16.1.